The number of hydrogen-bond donors (Lipinski definition) is 4. The lowest BCUT2D eigenvalue weighted by Crippen LogP contribution is -2.45. The van der Waals surface area contributed by atoms with Crippen LogP contribution in [0.3, 0.4) is 0 Å². The number of rotatable bonds is 1. The van der Waals surface area contributed by atoms with Gasteiger partial charge in [0.05, 0.1) is 30.8 Å². The third kappa shape index (κ3) is 5.50. The lowest BCUT2D eigenvalue weighted by molar-refractivity contribution is -0.164. The van der Waals surface area contributed by atoms with Crippen LogP contribution in [0, 0.1) is 35.5 Å². The number of cyclic esters (lactones) is 1. The molecule has 0 radical (unpaired) electrons. The first-order valence-electron chi connectivity index (χ1n) is 9.83. The van der Waals surface area contributed by atoms with Gasteiger partial charge >= 0.3 is 5.97 Å². The Hall–Kier alpha value is -1.02. The van der Waals surface area contributed by atoms with E-state index in [-0.39, 0.29) is 24.7 Å². The number of aliphatic hydroxyl groups excluding tert-OH is 4. The highest BCUT2D eigenvalue weighted by Gasteiger charge is 2.40. The Kier molecular flexibility index (Phi) is 8.86. The molecule has 1 aliphatic rings. The zero-order valence-corrected chi connectivity index (χ0v) is 17.2. The molecule has 0 bridgehead atoms. The fourth-order valence-electron chi connectivity index (χ4n) is 3.85. The van der Waals surface area contributed by atoms with Gasteiger partial charge in [-0.25, -0.2) is 0 Å². The van der Waals surface area contributed by atoms with Crippen molar-refractivity contribution in [2.45, 2.75) is 72.4 Å². The molecule has 1 aliphatic heterocycles. The standard InChI is InChI=1S/C20H36O7/c1-9-7-15(8-21)19(25)12(4)17(23)10(2)14(6)27-20(26)13(5)18(24)11(3)16(9)22/h9-18,21-24H,7-8H2,1-6H3/t9-,10-,11+,12+,13+,14+,15-,16-,17-,18-/m0/s1. The van der Waals surface area contributed by atoms with Gasteiger partial charge in [-0.2, -0.15) is 0 Å². The molecule has 0 aromatic carbocycles. The summed E-state index contributed by atoms with van der Waals surface area (Å²) in [5, 5.41) is 41.4. The van der Waals surface area contributed by atoms with Gasteiger partial charge in [0, 0.05) is 23.7 Å². The highest BCUT2D eigenvalue weighted by Crippen LogP contribution is 2.30. The monoisotopic (exact) mass is 388 g/mol. The van der Waals surface area contributed by atoms with Crippen molar-refractivity contribution >= 4 is 11.8 Å². The quantitative estimate of drug-likeness (QED) is 0.489. The summed E-state index contributed by atoms with van der Waals surface area (Å²) in [6, 6.07) is 0. The van der Waals surface area contributed by atoms with Crippen LogP contribution in [-0.4, -0.2) is 63.2 Å². The first-order chi connectivity index (χ1) is 12.4. The van der Waals surface area contributed by atoms with Gasteiger partial charge in [-0.1, -0.05) is 27.7 Å². The van der Waals surface area contributed by atoms with E-state index in [1.807, 2.05) is 0 Å². The number of ketones is 1. The maximum atomic E-state index is 12.8. The zero-order chi connectivity index (χ0) is 21.0. The predicted octanol–water partition coefficient (Wildman–Crippen LogP) is 0.763. The third-order valence-corrected chi connectivity index (χ3v) is 6.37. The molecule has 27 heavy (non-hydrogen) atoms. The van der Waals surface area contributed by atoms with Crippen molar-refractivity contribution in [1.82, 2.24) is 0 Å². The summed E-state index contributed by atoms with van der Waals surface area (Å²) >= 11 is 0. The number of aliphatic hydroxyl groups is 4. The molecular formula is C20H36O7. The summed E-state index contributed by atoms with van der Waals surface area (Å²) in [7, 11) is 0. The van der Waals surface area contributed by atoms with Gasteiger partial charge in [-0.05, 0) is 26.2 Å². The Balaban J connectivity index is 3.23. The molecule has 1 rings (SSSR count). The van der Waals surface area contributed by atoms with E-state index < -0.39 is 60.0 Å². The van der Waals surface area contributed by atoms with Gasteiger partial charge < -0.3 is 25.2 Å². The Morgan fingerprint density at radius 1 is 0.852 bits per heavy atom. The number of hydrogen-bond acceptors (Lipinski definition) is 7. The van der Waals surface area contributed by atoms with Crippen LogP contribution in [0.15, 0.2) is 0 Å². The molecule has 1 saturated heterocycles. The largest absolute Gasteiger partial charge is 0.462 e. The van der Waals surface area contributed by atoms with E-state index in [1.165, 1.54) is 0 Å². The minimum absolute atomic E-state index is 0.230. The minimum Gasteiger partial charge on any atom is -0.462 e. The van der Waals surface area contributed by atoms with E-state index in [1.54, 1.807) is 41.5 Å². The SMILES string of the molecule is C[C@@H]1[C@@H](O)[C@@H](C)C[C@@H](CO)C(=O)[C@H](C)[C@@H](O)[C@@H](C)[C@@H](C)OC(=O)[C@H](C)[C@H]1O. The molecule has 0 aromatic heterocycles. The normalized spacial score (nSPS) is 45.9. The van der Waals surface area contributed by atoms with Crippen LogP contribution in [0.25, 0.3) is 0 Å². The fraction of sp³-hybridized carbons (Fsp3) is 0.900. The molecule has 7 heteroatoms. The number of carbonyl (C=O) groups excluding carboxylic acids is 2. The topological polar surface area (TPSA) is 124 Å². The van der Waals surface area contributed by atoms with E-state index >= 15 is 0 Å². The molecule has 4 N–H and O–H groups in total. The molecule has 158 valence electrons. The summed E-state index contributed by atoms with van der Waals surface area (Å²) in [5.41, 5.74) is 0. The lowest BCUT2D eigenvalue weighted by Gasteiger charge is -2.35. The van der Waals surface area contributed by atoms with Crippen molar-refractivity contribution in [3.8, 4) is 0 Å². The molecule has 0 saturated carbocycles. The van der Waals surface area contributed by atoms with Crippen LogP contribution < -0.4 is 0 Å². The van der Waals surface area contributed by atoms with Crippen molar-refractivity contribution in [2.75, 3.05) is 6.61 Å². The molecule has 0 unspecified atom stereocenters. The minimum atomic E-state index is -1.12. The first kappa shape index (κ1) is 24.0. The Bertz CT molecular complexity index is 509. The highest BCUT2D eigenvalue weighted by atomic mass is 16.5. The van der Waals surface area contributed by atoms with E-state index in [0.29, 0.717) is 0 Å². The second kappa shape index (κ2) is 9.96. The first-order valence-corrected chi connectivity index (χ1v) is 9.83. The maximum Gasteiger partial charge on any atom is 0.311 e. The molecule has 0 spiro atoms. The van der Waals surface area contributed by atoms with E-state index in [0.717, 1.165) is 0 Å². The van der Waals surface area contributed by atoms with Crippen molar-refractivity contribution in [1.29, 1.82) is 0 Å². The van der Waals surface area contributed by atoms with Crippen LogP contribution in [-0.2, 0) is 14.3 Å². The van der Waals surface area contributed by atoms with Crippen molar-refractivity contribution < 1.29 is 34.8 Å². The number of Topliss-reactive ketones (excluding diaryl/α,β-unsaturated/α-hetero) is 1. The summed E-state index contributed by atoms with van der Waals surface area (Å²) in [4.78, 5) is 25.2. The number of esters is 1. The third-order valence-electron chi connectivity index (χ3n) is 6.37. The van der Waals surface area contributed by atoms with Crippen LogP contribution in [0.2, 0.25) is 0 Å². The summed E-state index contributed by atoms with van der Waals surface area (Å²) < 4.78 is 5.41. The summed E-state index contributed by atoms with van der Waals surface area (Å²) in [6.07, 6.45) is -3.55. The molecule has 7 nitrogen and oxygen atoms in total. The highest BCUT2D eigenvalue weighted by molar-refractivity contribution is 5.83. The molecule has 0 aliphatic carbocycles. The van der Waals surface area contributed by atoms with Crippen LogP contribution in [0.1, 0.15) is 48.0 Å². The van der Waals surface area contributed by atoms with Gasteiger partial charge in [0.15, 0.2) is 0 Å². The van der Waals surface area contributed by atoms with Crippen LogP contribution in [0.5, 0.6) is 0 Å². The second-order valence-electron chi connectivity index (χ2n) is 8.40. The number of ether oxygens (including phenoxy) is 1. The van der Waals surface area contributed by atoms with Crippen molar-refractivity contribution in [3.05, 3.63) is 0 Å². The van der Waals surface area contributed by atoms with Gasteiger partial charge in [0.1, 0.15) is 11.9 Å². The average molecular weight is 389 g/mol. The van der Waals surface area contributed by atoms with E-state index in [9.17, 15) is 30.0 Å². The lowest BCUT2D eigenvalue weighted by atomic mass is 9.77. The van der Waals surface area contributed by atoms with Gasteiger partial charge in [-0.3, -0.25) is 9.59 Å². The Morgan fingerprint density at radius 2 is 1.37 bits per heavy atom. The van der Waals surface area contributed by atoms with Crippen LogP contribution >= 0.6 is 0 Å². The molecule has 1 fully saturated rings. The van der Waals surface area contributed by atoms with E-state index in [4.69, 9.17) is 4.74 Å². The Labute approximate surface area is 161 Å². The van der Waals surface area contributed by atoms with Crippen molar-refractivity contribution in [3.63, 3.8) is 0 Å². The zero-order valence-electron chi connectivity index (χ0n) is 17.2. The molecule has 1 heterocycles. The predicted molar refractivity (Wildman–Crippen MR) is 99.6 cm³/mol. The van der Waals surface area contributed by atoms with Gasteiger partial charge in [-0.15, -0.1) is 0 Å². The summed E-state index contributed by atoms with van der Waals surface area (Å²) in [6.45, 7) is 9.49. The average Bonchev–Trinajstić information content (AvgIpc) is 2.66. The molecular weight excluding hydrogens is 352 g/mol. The molecule has 0 amide bonds. The number of carbonyl (C=O) groups is 2. The van der Waals surface area contributed by atoms with Crippen LogP contribution in [0.4, 0.5) is 0 Å². The fourth-order valence-corrected chi connectivity index (χ4v) is 3.85. The Morgan fingerprint density at radius 3 is 1.89 bits per heavy atom. The van der Waals surface area contributed by atoms with E-state index in [2.05, 4.69) is 0 Å². The summed E-state index contributed by atoms with van der Waals surface area (Å²) in [5.74, 6) is -4.69. The van der Waals surface area contributed by atoms with Gasteiger partial charge in [0.2, 0.25) is 0 Å². The van der Waals surface area contributed by atoms with Gasteiger partial charge in [0.25, 0.3) is 0 Å². The maximum absolute atomic E-state index is 12.8. The second-order valence-corrected chi connectivity index (χ2v) is 8.40. The smallest absolute Gasteiger partial charge is 0.311 e. The molecule has 0 aromatic rings. The van der Waals surface area contributed by atoms with Crippen molar-refractivity contribution in [2.24, 2.45) is 35.5 Å². The molecule has 10 atom stereocenters.